The third-order valence-electron chi connectivity index (χ3n) is 4.73. The first kappa shape index (κ1) is 13.6. The summed E-state index contributed by atoms with van der Waals surface area (Å²) in [6.07, 6.45) is 0.384. The van der Waals surface area contributed by atoms with Crippen LogP contribution in [0.25, 0.3) is 11.1 Å². The number of rotatable bonds is 2. The van der Waals surface area contributed by atoms with Gasteiger partial charge in [-0.25, -0.2) is 0 Å². The van der Waals surface area contributed by atoms with Gasteiger partial charge in [0.05, 0.1) is 26.4 Å². The van der Waals surface area contributed by atoms with Gasteiger partial charge in [0.1, 0.15) is 0 Å². The van der Waals surface area contributed by atoms with E-state index in [2.05, 4.69) is 5.32 Å². The number of hydrogen-bond acceptors (Lipinski definition) is 4. The fourth-order valence-corrected chi connectivity index (χ4v) is 3.79. The van der Waals surface area contributed by atoms with E-state index in [0.29, 0.717) is 0 Å². The van der Waals surface area contributed by atoms with Gasteiger partial charge >= 0.3 is 0 Å². The Morgan fingerprint density at radius 1 is 1.18 bits per heavy atom. The fourth-order valence-electron chi connectivity index (χ4n) is 3.79. The summed E-state index contributed by atoms with van der Waals surface area (Å²) in [6, 6.07) is 9.94. The van der Waals surface area contributed by atoms with Crippen molar-refractivity contribution >= 4 is 0 Å². The highest BCUT2D eigenvalue weighted by Gasteiger charge is 2.38. The lowest BCUT2D eigenvalue weighted by atomic mass is 9.76. The molecule has 2 atom stereocenters. The molecule has 114 valence electrons. The monoisotopic (exact) mass is 297 g/mol. The highest BCUT2D eigenvalue weighted by atomic mass is 16.5. The lowest BCUT2D eigenvalue weighted by Crippen LogP contribution is -2.36. The van der Waals surface area contributed by atoms with E-state index >= 15 is 0 Å². The van der Waals surface area contributed by atoms with Gasteiger partial charge in [-0.05, 0) is 41.3 Å². The Hall–Kier alpha value is -2.04. The molecule has 2 aliphatic rings. The van der Waals surface area contributed by atoms with Crippen LogP contribution in [-0.2, 0) is 6.42 Å². The topological polar surface area (TPSA) is 50.7 Å². The quantitative estimate of drug-likeness (QED) is 0.894. The molecule has 2 aromatic rings. The van der Waals surface area contributed by atoms with E-state index in [1.165, 1.54) is 5.56 Å². The van der Waals surface area contributed by atoms with Crippen LogP contribution in [0.5, 0.6) is 11.5 Å². The SMILES string of the molecule is COc1cc2c3c(c1OC)-c1ccccc1[C@@H](O)[C@@H]3NCC2. The van der Waals surface area contributed by atoms with E-state index in [1.54, 1.807) is 14.2 Å². The van der Waals surface area contributed by atoms with Crippen molar-refractivity contribution in [1.29, 1.82) is 0 Å². The molecule has 2 aromatic carbocycles. The van der Waals surface area contributed by atoms with Crippen molar-refractivity contribution in [1.82, 2.24) is 5.32 Å². The number of benzene rings is 2. The Labute approximate surface area is 129 Å². The lowest BCUT2D eigenvalue weighted by Gasteiger charge is -2.38. The van der Waals surface area contributed by atoms with Gasteiger partial charge in [-0.15, -0.1) is 0 Å². The normalized spacial score (nSPS) is 21.8. The van der Waals surface area contributed by atoms with Crippen LogP contribution in [0.2, 0.25) is 0 Å². The molecule has 0 bridgehead atoms. The first-order valence-electron chi connectivity index (χ1n) is 7.54. The molecule has 0 aromatic heterocycles. The number of hydrogen-bond donors (Lipinski definition) is 2. The summed E-state index contributed by atoms with van der Waals surface area (Å²) in [5.74, 6) is 1.50. The van der Waals surface area contributed by atoms with Crippen LogP contribution in [0.4, 0.5) is 0 Å². The van der Waals surface area contributed by atoms with E-state index in [-0.39, 0.29) is 6.04 Å². The molecule has 0 radical (unpaired) electrons. The molecular formula is C18H19NO3. The molecule has 4 nitrogen and oxygen atoms in total. The van der Waals surface area contributed by atoms with Gasteiger partial charge in [0.15, 0.2) is 11.5 Å². The zero-order valence-electron chi connectivity index (χ0n) is 12.7. The Morgan fingerprint density at radius 3 is 2.77 bits per heavy atom. The van der Waals surface area contributed by atoms with Crippen LogP contribution in [0.1, 0.15) is 28.8 Å². The molecule has 2 N–H and O–H groups in total. The molecule has 0 amide bonds. The molecule has 0 fully saturated rings. The van der Waals surface area contributed by atoms with Gasteiger partial charge in [-0.2, -0.15) is 0 Å². The van der Waals surface area contributed by atoms with Gasteiger partial charge in [-0.1, -0.05) is 24.3 Å². The summed E-state index contributed by atoms with van der Waals surface area (Å²) in [5, 5.41) is 14.2. The summed E-state index contributed by atoms with van der Waals surface area (Å²) in [4.78, 5) is 0. The van der Waals surface area contributed by atoms with Crippen molar-refractivity contribution in [2.24, 2.45) is 0 Å². The zero-order valence-corrected chi connectivity index (χ0v) is 12.7. The lowest BCUT2D eigenvalue weighted by molar-refractivity contribution is 0.123. The molecule has 0 unspecified atom stereocenters. The van der Waals surface area contributed by atoms with E-state index in [1.807, 2.05) is 30.3 Å². The summed E-state index contributed by atoms with van der Waals surface area (Å²) in [7, 11) is 3.33. The van der Waals surface area contributed by atoms with Crippen molar-refractivity contribution in [2.45, 2.75) is 18.6 Å². The summed E-state index contributed by atoms with van der Waals surface area (Å²) in [6.45, 7) is 0.853. The molecule has 0 spiro atoms. The summed E-state index contributed by atoms with van der Waals surface area (Å²) in [5.41, 5.74) is 5.39. The second-order valence-corrected chi connectivity index (χ2v) is 5.77. The highest BCUT2D eigenvalue weighted by Crippen LogP contribution is 2.53. The van der Waals surface area contributed by atoms with E-state index in [4.69, 9.17) is 9.47 Å². The highest BCUT2D eigenvalue weighted by molar-refractivity contribution is 5.84. The third kappa shape index (κ3) is 1.71. The van der Waals surface area contributed by atoms with E-state index in [9.17, 15) is 5.11 Å². The van der Waals surface area contributed by atoms with Crippen LogP contribution in [0.3, 0.4) is 0 Å². The van der Waals surface area contributed by atoms with Crippen LogP contribution in [0, 0.1) is 0 Å². The average Bonchev–Trinajstić information content (AvgIpc) is 2.58. The Balaban J connectivity index is 2.11. The maximum Gasteiger partial charge on any atom is 0.168 e. The maximum absolute atomic E-state index is 10.8. The molecule has 22 heavy (non-hydrogen) atoms. The minimum atomic E-state index is -0.541. The van der Waals surface area contributed by atoms with Gasteiger partial charge in [0.2, 0.25) is 0 Å². The Kier molecular flexibility index (Phi) is 3.10. The smallest absolute Gasteiger partial charge is 0.168 e. The van der Waals surface area contributed by atoms with Gasteiger partial charge in [0.25, 0.3) is 0 Å². The number of aliphatic hydroxyl groups is 1. The predicted molar refractivity (Wildman–Crippen MR) is 84.4 cm³/mol. The average molecular weight is 297 g/mol. The van der Waals surface area contributed by atoms with Gasteiger partial charge in [0, 0.05) is 5.56 Å². The molecule has 0 saturated carbocycles. The number of methoxy groups -OCH3 is 2. The molecule has 0 saturated heterocycles. The molecule has 1 aliphatic carbocycles. The minimum Gasteiger partial charge on any atom is -0.493 e. The van der Waals surface area contributed by atoms with Crippen LogP contribution in [0.15, 0.2) is 30.3 Å². The second kappa shape index (κ2) is 5.00. The first-order valence-corrected chi connectivity index (χ1v) is 7.54. The molecule has 1 heterocycles. The first-order chi connectivity index (χ1) is 10.8. The van der Waals surface area contributed by atoms with Gasteiger partial charge in [-0.3, -0.25) is 0 Å². The Bertz CT molecular complexity index is 741. The number of aliphatic hydroxyl groups excluding tert-OH is 1. The molecule has 1 aliphatic heterocycles. The van der Waals surface area contributed by atoms with E-state index in [0.717, 1.165) is 46.7 Å². The third-order valence-corrected chi connectivity index (χ3v) is 4.73. The van der Waals surface area contributed by atoms with Crippen molar-refractivity contribution in [3.05, 3.63) is 47.0 Å². The number of nitrogens with one attached hydrogen (secondary N) is 1. The van der Waals surface area contributed by atoms with Crippen molar-refractivity contribution < 1.29 is 14.6 Å². The zero-order chi connectivity index (χ0) is 15.3. The fraction of sp³-hybridized carbons (Fsp3) is 0.333. The second-order valence-electron chi connectivity index (χ2n) is 5.77. The standard InChI is InChI=1S/C18H19NO3/c1-21-13-9-10-7-8-19-16-14(10)15(18(13)22-2)11-5-3-4-6-12(11)17(16)20/h3-6,9,16-17,19-20H,7-8H2,1-2H3/t16-,17-/m1/s1. The van der Waals surface area contributed by atoms with Crippen molar-refractivity contribution in [3.8, 4) is 22.6 Å². The maximum atomic E-state index is 10.8. The Morgan fingerprint density at radius 2 is 2.00 bits per heavy atom. The molecule has 4 heteroatoms. The number of fused-ring (bicyclic) bond motifs is 2. The van der Waals surface area contributed by atoms with Crippen LogP contribution < -0.4 is 14.8 Å². The van der Waals surface area contributed by atoms with E-state index < -0.39 is 6.10 Å². The number of ether oxygens (including phenoxy) is 2. The summed E-state index contributed by atoms with van der Waals surface area (Å²) < 4.78 is 11.2. The predicted octanol–water partition coefficient (Wildman–Crippen LogP) is 2.60. The van der Waals surface area contributed by atoms with Crippen molar-refractivity contribution in [2.75, 3.05) is 20.8 Å². The minimum absolute atomic E-state index is 0.0894. The van der Waals surface area contributed by atoms with Gasteiger partial charge < -0.3 is 19.9 Å². The van der Waals surface area contributed by atoms with Crippen molar-refractivity contribution in [3.63, 3.8) is 0 Å². The largest absolute Gasteiger partial charge is 0.493 e. The molecule has 4 rings (SSSR count). The molecular weight excluding hydrogens is 278 g/mol. The summed E-state index contributed by atoms with van der Waals surface area (Å²) >= 11 is 0. The van der Waals surface area contributed by atoms with Crippen LogP contribution >= 0.6 is 0 Å². The van der Waals surface area contributed by atoms with Crippen LogP contribution in [-0.4, -0.2) is 25.9 Å².